The molecule has 0 saturated carbocycles. The average Bonchev–Trinajstić information content (AvgIpc) is 2.54. The van der Waals surface area contributed by atoms with Gasteiger partial charge in [0, 0.05) is 12.8 Å². The number of rotatable bonds is 0. The first kappa shape index (κ1) is 19.0. The normalized spacial score (nSPS) is 13.4. The zero-order valence-corrected chi connectivity index (χ0v) is 10.6. The molecule has 0 amide bonds. The second-order valence-corrected chi connectivity index (χ2v) is 2.99. The van der Waals surface area contributed by atoms with Crippen molar-refractivity contribution in [3.05, 3.63) is 0 Å². The van der Waals surface area contributed by atoms with Crippen molar-refractivity contribution in [2.24, 2.45) is 0 Å². The van der Waals surface area contributed by atoms with Crippen molar-refractivity contribution in [2.45, 2.75) is 25.7 Å². The van der Waals surface area contributed by atoms with Gasteiger partial charge in [-0.25, -0.2) is 9.59 Å². The number of carbonyl (C=O) groups is 4. The molecule has 1 heterocycles. The summed E-state index contributed by atoms with van der Waals surface area (Å²) in [6.07, 6.45) is -0.137. The van der Waals surface area contributed by atoms with Crippen LogP contribution >= 0.6 is 0 Å². The number of esters is 2. The maximum Gasteiger partial charge on any atom is 0.505 e. The van der Waals surface area contributed by atoms with Gasteiger partial charge in [0.05, 0.1) is 14.2 Å². The molecule has 0 spiro atoms. The molecule has 0 bridgehead atoms. The first-order valence-corrected chi connectivity index (χ1v) is 5.10. The monoisotopic (exact) mass is 280 g/mol. The van der Waals surface area contributed by atoms with Crippen LogP contribution in [-0.4, -0.2) is 48.7 Å². The number of hydrogen-bond acceptors (Lipinski definition) is 7. The third-order valence-corrected chi connectivity index (χ3v) is 1.59. The summed E-state index contributed by atoms with van der Waals surface area (Å²) in [5.74, 6) is -0.755. The van der Waals surface area contributed by atoms with Gasteiger partial charge in [-0.1, -0.05) is 0 Å². The number of ether oxygens (including phenoxy) is 3. The predicted molar refractivity (Wildman–Crippen MR) is 59.6 cm³/mol. The van der Waals surface area contributed by atoms with Crippen LogP contribution < -0.4 is 0 Å². The molecule has 0 aromatic carbocycles. The number of methoxy groups -OCH3 is 2. The smallest absolute Gasteiger partial charge is 0.450 e. The zero-order chi connectivity index (χ0) is 15.3. The molecule has 1 rings (SSSR count). The van der Waals surface area contributed by atoms with E-state index in [1.165, 1.54) is 0 Å². The van der Waals surface area contributed by atoms with Crippen molar-refractivity contribution < 1.29 is 43.6 Å². The molecule has 1 fully saturated rings. The van der Waals surface area contributed by atoms with E-state index in [0.717, 1.165) is 27.1 Å². The molecule has 0 atom stereocenters. The molecule has 110 valence electrons. The van der Waals surface area contributed by atoms with E-state index >= 15 is 0 Å². The summed E-state index contributed by atoms with van der Waals surface area (Å²) < 4.78 is 11.7. The fourth-order valence-electron chi connectivity index (χ4n) is 0.768. The molecular weight excluding hydrogens is 264 g/mol. The van der Waals surface area contributed by atoms with Gasteiger partial charge >= 0.3 is 24.2 Å². The Kier molecular flexibility index (Phi) is 12.2. The summed E-state index contributed by atoms with van der Waals surface area (Å²) in [4.78, 5) is 39.2. The zero-order valence-electron chi connectivity index (χ0n) is 10.6. The van der Waals surface area contributed by atoms with Crippen LogP contribution in [0.2, 0.25) is 0 Å². The summed E-state index contributed by atoms with van der Waals surface area (Å²) in [7, 11) is 2.20. The minimum atomic E-state index is -1.25. The molecule has 1 aliphatic heterocycles. The molecule has 0 aromatic rings. The van der Waals surface area contributed by atoms with Crippen LogP contribution in [0.4, 0.5) is 9.59 Å². The third-order valence-electron chi connectivity index (χ3n) is 1.59. The highest BCUT2D eigenvalue weighted by atomic mass is 16.7. The molecule has 19 heavy (non-hydrogen) atoms. The van der Waals surface area contributed by atoms with E-state index in [1.807, 2.05) is 0 Å². The van der Waals surface area contributed by atoms with Crippen molar-refractivity contribution in [3.8, 4) is 0 Å². The van der Waals surface area contributed by atoms with Crippen LogP contribution in [-0.2, 0) is 23.8 Å². The molecule has 0 radical (unpaired) electrons. The lowest BCUT2D eigenvalue weighted by Crippen LogP contribution is -2.07. The van der Waals surface area contributed by atoms with Gasteiger partial charge in [-0.05, 0) is 12.8 Å². The topological polar surface area (TPSA) is 136 Å². The predicted octanol–water partition coefficient (Wildman–Crippen LogP) is 1.25. The number of carbonyl (C=O) groups excluding carboxylic acids is 2. The van der Waals surface area contributed by atoms with Gasteiger partial charge in [0.1, 0.15) is 0 Å². The van der Waals surface area contributed by atoms with Gasteiger partial charge in [-0.3, -0.25) is 9.59 Å². The minimum absolute atomic E-state index is 0.377. The van der Waals surface area contributed by atoms with Gasteiger partial charge in [0.2, 0.25) is 0 Å². The van der Waals surface area contributed by atoms with E-state index in [4.69, 9.17) is 19.8 Å². The molecule has 1 aliphatic rings. The van der Waals surface area contributed by atoms with E-state index in [0.29, 0.717) is 12.8 Å². The molecule has 0 aliphatic carbocycles. The van der Waals surface area contributed by atoms with Crippen molar-refractivity contribution in [3.63, 3.8) is 0 Å². The lowest BCUT2D eigenvalue weighted by Gasteiger charge is -1.92. The fourth-order valence-corrected chi connectivity index (χ4v) is 0.768. The van der Waals surface area contributed by atoms with E-state index in [2.05, 4.69) is 14.2 Å². The summed E-state index contributed by atoms with van der Waals surface area (Å²) in [5.41, 5.74) is 0. The maximum atomic E-state index is 10.5. The SMILES string of the molecule is COC(=O)O.COC(=O)O.O=C1CCCCC(=O)O1. The number of hydrogen-bond donors (Lipinski definition) is 2. The summed E-state index contributed by atoms with van der Waals surface area (Å²) in [5, 5.41) is 15.0. The first-order chi connectivity index (χ1) is 8.83. The Hall–Kier alpha value is -2.32. The van der Waals surface area contributed by atoms with Crippen LogP contribution in [0.25, 0.3) is 0 Å². The van der Waals surface area contributed by atoms with Gasteiger partial charge in [0.25, 0.3) is 0 Å². The van der Waals surface area contributed by atoms with Crippen LogP contribution in [0, 0.1) is 0 Å². The Morgan fingerprint density at radius 3 is 1.42 bits per heavy atom. The Bertz CT molecular complexity index is 280. The minimum Gasteiger partial charge on any atom is -0.450 e. The van der Waals surface area contributed by atoms with Crippen molar-refractivity contribution in [1.29, 1.82) is 0 Å². The Morgan fingerprint density at radius 1 is 0.947 bits per heavy atom. The second-order valence-electron chi connectivity index (χ2n) is 2.99. The fraction of sp³-hybridized carbons (Fsp3) is 0.600. The standard InChI is InChI=1S/C6H8O3.2C2H4O3/c7-5-3-1-2-4-6(8)9-5;2*1-5-2(3)4/h1-4H2;2*1H3,(H,3,4). The number of carboxylic acid groups (broad SMARTS) is 2. The molecule has 9 heteroatoms. The van der Waals surface area contributed by atoms with E-state index in [-0.39, 0.29) is 11.9 Å². The van der Waals surface area contributed by atoms with E-state index < -0.39 is 12.3 Å². The summed E-state index contributed by atoms with van der Waals surface area (Å²) in [6.45, 7) is 0. The van der Waals surface area contributed by atoms with Crippen molar-refractivity contribution in [1.82, 2.24) is 0 Å². The van der Waals surface area contributed by atoms with Crippen LogP contribution in [0.15, 0.2) is 0 Å². The Labute approximate surface area is 109 Å². The largest absolute Gasteiger partial charge is 0.505 e. The summed E-state index contributed by atoms with van der Waals surface area (Å²) in [6, 6.07) is 0. The second kappa shape index (κ2) is 12.1. The quantitative estimate of drug-likeness (QED) is 0.381. The first-order valence-electron chi connectivity index (χ1n) is 5.10. The number of cyclic esters (lactones) is 2. The van der Waals surface area contributed by atoms with E-state index in [1.54, 1.807) is 0 Å². The third kappa shape index (κ3) is 18.3. The van der Waals surface area contributed by atoms with Crippen molar-refractivity contribution in [2.75, 3.05) is 14.2 Å². The molecule has 2 N–H and O–H groups in total. The van der Waals surface area contributed by atoms with Gasteiger partial charge in [-0.15, -0.1) is 0 Å². The van der Waals surface area contributed by atoms with Gasteiger partial charge in [0.15, 0.2) is 0 Å². The van der Waals surface area contributed by atoms with E-state index in [9.17, 15) is 9.59 Å². The highest BCUT2D eigenvalue weighted by molar-refractivity contribution is 5.86. The Balaban J connectivity index is 0. The Morgan fingerprint density at radius 2 is 1.21 bits per heavy atom. The molecule has 1 saturated heterocycles. The molecule has 0 aromatic heterocycles. The molecule has 0 unspecified atom stereocenters. The van der Waals surface area contributed by atoms with Crippen molar-refractivity contribution >= 4 is 24.2 Å². The lowest BCUT2D eigenvalue weighted by atomic mass is 10.2. The van der Waals surface area contributed by atoms with Crippen LogP contribution in [0.5, 0.6) is 0 Å². The van der Waals surface area contributed by atoms with Crippen LogP contribution in [0.1, 0.15) is 25.7 Å². The lowest BCUT2D eigenvalue weighted by molar-refractivity contribution is -0.158. The van der Waals surface area contributed by atoms with Gasteiger partial charge in [-0.2, -0.15) is 0 Å². The highest BCUT2D eigenvalue weighted by Crippen LogP contribution is 2.07. The van der Waals surface area contributed by atoms with Gasteiger partial charge < -0.3 is 24.4 Å². The maximum absolute atomic E-state index is 10.5. The van der Waals surface area contributed by atoms with Crippen LogP contribution in [0.3, 0.4) is 0 Å². The highest BCUT2D eigenvalue weighted by Gasteiger charge is 2.13. The average molecular weight is 280 g/mol. The molecule has 9 nitrogen and oxygen atoms in total. The summed E-state index contributed by atoms with van der Waals surface area (Å²) >= 11 is 0. The molecular formula is C10H16O9.